The molecule has 2 unspecified atom stereocenters. The van der Waals surface area contributed by atoms with Gasteiger partial charge in [-0.05, 0) is 53.1 Å². The van der Waals surface area contributed by atoms with Crippen LogP contribution in [0.1, 0.15) is 46.5 Å². The van der Waals surface area contributed by atoms with Crippen molar-refractivity contribution in [2.75, 3.05) is 13.6 Å². The number of nitrogens with zero attached hydrogens (tertiary/aromatic N) is 1. The van der Waals surface area contributed by atoms with Crippen LogP contribution in [-0.4, -0.2) is 35.7 Å². The van der Waals surface area contributed by atoms with Gasteiger partial charge in [0.25, 0.3) is 0 Å². The molecule has 0 aliphatic heterocycles. The minimum absolute atomic E-state index is 0.131. The molecule has 0 aromatic carbocycles. The second-order valence-electron chi connectivity index (χ2n) is 4.08. The first-order valence-corrected chi connectivity index (χ1v) is 5.46. The van der Waals surface area contributed by atoms with Crippen LogP contribution in [0.15, 0.2) is 0 Å². The quantitative estimate of drug-likeness (QED) is 0.618. The standard InChI is InChI=1S/C11H25NO/c1-5-10(2)12(4)9-7-6-8-11(3)13/h10-11,13H,5-9H2,1-4H3. The lowest BCUT2D eigenvalue weighted by atomic mass is 10.1. The van der Waals surface area contributed by atoms with Gasteiger partial charge in [-0.3, -0.25) is 0 Å². The number of rotatable bonds is 7. The Kier molecular flexibility index (Phi) is 7.29. The molecule has 0 fully saturated rings. The number of aliphatic hydroxyl groups is 1. The first-order chi connectivity index (χ1) is 6.07. The van der Waals surface area contributed by atoms with Gasteiger partial charge in [0.05, 0.1) is 6.10 Å². The van der Waals surface area contributed by atoms with Crippen LogP contribution in [0.4, 0.5) is 0 Å². The molecule has 0 heterocycles. The van der Waals surface area contributed by atoms with Gasteiger partial charge in [0.15, 0.2) is 0 Å². The second-order valence-corrected chi connectivity index (χ2v) is 4.08. The Hall–Kier alpha value is -0.0800. The fraction of sp³-hybridized carbons (Fsp3) is 1.00. The zero-order valence-corrected chi connectivity index (χ0v) is 9.58. The summed E-state index contributed by atoms with van der Waals surface area (Å²) in [6.45, 7) is 7.49. The Morgan fingerprint density at radius 1 is 1.23 bits per heavy atom. The SMILES string of the molecule is CCC(C)N(C)CCCCC(C)O. The number of aliphatic hydroxyl groups excluding tert-OH is 1. The summed E-state index contributed by atoms with van der Waals surface area (Å²) in [6.07, 6.45) is 4.36. The number of hydrogen-bond donors (Lipinski definition) is 1. The highest BCUT2D eigenvalue weighted by Gasteiger charge is 2.05. The van der Waals surface area contributed by atoms with Crippen molar-refractivity contribution in [3.05, 3.63) is 0 Å². The van der Waals surface area contributed by atoms with Gasteiger partial charge in [0, 0.05) is 6.04 Å². The molecule has 0 aromatic rings. The zero-order chi connectivity index (χ0) is 10.3. The zero-order valence-electron chi connectivity index (χ0n) is 9.58. The molecule has 0 rings (SSSR count). The monoisotopic (exact) mass is 187 g/mol. The molecule has 0 spiro atoms. The molecular weight excluding hydrogens is 162 g/mol. The summed E-state index contributed by atoms with van der Waals surface area (Å²) in [5.74, 6) is 0. The molecule has 1 N–H and O–H groups in total. The summed E-state index contributed by atoms with van der Waals surface area (Å²) in [4.78, 5) is 2.39. The van der Waals surface area contributed by atoms with Crippen molar-refractivity contribution < 1.29 is 5.11 Å². The van der Waals surface area contributed by atoms with Crippen LogP contribution in [0.2, 0.25) is 0 Å². The van der Waals surface area contributed by atoms with Crippen molar-refractivity contribution in [1.82, 2.24) is 4.90 Å². The van der Waals surface area contributed by atoms with Gasteiger partial charge in [-0.25, -0.2) is 0 Å². The predicted octanol–water partition coefficient (Wildman–Crippen LogP) is 2.27. The van der Waals surface area contributed by atoms with Gasteiger partial charge in [0.2, 0.25) is 0 Å². The summed E-state index contributed by atoms with van der Waals surface area (Å²) in [5, 5.41) is 9.06. The Morgan fingerprint density at radius 2 is 1.85 bits per heavy atom. The Morgan fingerprint density at radius 3 is 2.31 bits per heavy atom. The highest BCUT2D eigenvalue weighted by molar-refractivity contribution is 4.61. The van der Waals surface area contributed by atoms with Crippen molar-refractivity contribution in [3.8, 4) is 0 Å². The minimum atomic E-state index is -0.131. The maximum Gasteiger partial charge on any atom is 0.0512 e. The lowest BCUT2D eigenvalue weighted by Gasteiger charge is -2.23. The molecule has 80 valence electrons. The molecule has 0 saturated carbocycles. The molecule has 2 atom stereocenters. The largest absolute Gasteiger partial charge is 0.393 e. The van der Waals surface area contributed by atoms with Crippen molar-refractivity contribution in [2.45, 2.75) is 58.6 Å². The highest BCUT2D eigenvalue weighted by atomic mass is 16.3. The summed E-state index contributed by atoms with van der Waals surface area (Å²) in [6, 6.07) is 0.687. The average molecular weight is 187 g/mol. The first kappa shape index (κ1) is 12.9. The van der Waals surface area contributed by atoms with Crippen molar-refractivity contribution in [1.29, 1.82) is 0 Å². The lowest BCUT2D eigenvalue weighted by molar-refractivity contribution is 0.175. The second kappa shape index (κ2) is 7.34. The van der Waals surface area contributed by atoms with E-state index in [2.05, 4.69) is 25.8 Å². The average Bonchev–Trinajstić information content (AvgIpc) is 2.10. The fourth-order valence-corrected chi connectivity index (χ4v) is 1.33. The number of unbranched alkanes of at least 4 members (excludes halogenated alkanes) is 1. The van der Waals surface area contributed by atoms with E-state index in [9.17, 15) is 0 Å². The Balaban J connectivity index is 3.31. The maximum absolute atomic E-state index is 9.06. The highest BCUT2D eigenvalue weighted by Crippen LogP contribution is 2.05. The predicted molar refractivity (Wildman–Crippen MR) is 57.9 cm³/mol. The molecule has 0 amide bonds. The molecule has 2 heteroatoms. The van der Waals surface area contributed by atoms with E-state index in [0.717, 1.165) is 19.4 Å². The van der Waals surface area contributed by atoms with Crippen molar-refractivity contribution in [3.63, 3.8) is 0 Å². The van der Waals surface area contributed by atoms with Crippen LogP contribution >= 0.6 is 0 Å². The van der Waals surface area contributed by atoms with Crippen molar-refractivity contribution in [2.24, 2.45) is 0 Å². The summed E-state index contributed by atoms with van der Waals surface area (Å²) in [7, 11) is 2.18. The van der Waals surface area contributed by atoms with Crippen LogP contribution < -0.4 is 0 Å². The third-order valence-electron chi connectivity index (χ3n) is 2.73. The molecule has 0 aliphatic rings. The van der Waals surface area contributed by atoms with E-state index in [1.54, 1.807) is 0 Å². The van der Waals surface area contributed by atoms with Crippen LogP contribution in [0.5, 0.6) is 0 Å². The van der Waals surface area contributed by atoms with Gasteiger partial charge in [-0.15, -0.1) is 0 Å². The van der Waals surface area contributed by atoms with Gasteiger partial charge in [-0.1, -0.05) is 6.92 Å². The van der Waals surface area contributed by atoms with E-state index >= 15 is 0 Å². The third-order valence-corrected chi connectivity index (χ3v) is 2.73. The third kappa shape index (κ3) is 7.03. The van der Waals surface area contributed by atoms with Gasteiger partial charge in [0.1, 0.15) is 0 Å². The van der Waals surface area contributed by atoms with E-state index in [1.165, 1.54) is 12.8 Å². The molecule has 2 nitrogen and oxygen atoms in total. The summed E-state index contributed by atoms with van der Waals surface area (Å²) < 4.78 is 0. The van der Waals surface area contributed by atoms with E-state index in [4.69, 9.17) is 5.11 Å². The Labute approximate surface area is 82.9 Å². The van der Waals surface area contributed by atoms with Crippen LogP contribution in [-0.2, 0) is 0 Å². The molecule has 13 heavy (non-hydrogen) atoms. The fourth-order valence-electron chi connectivity index (χ4n) is 1.33. The van der Waals surface area contributed by atoms with Gasteiger partial charge < -0.3 is 10.0 Å². The maximum atomic E-state index is 9.06. The molecule has 0 radical (unpaired) electrons. The topological polar surface area (TPSA) is 23.5 Å². The van der Waals surface area contributed by atoms with Crippen LogP contribution in [0, 0.1) is 0 Å². The lowest BCUT2D eigenvalue weighted by Crippen LogP contribution is -2.29. The minimum Gasteiger partial charge on any atom is -0.393 e. The molecule has 0 aromatic heterocycles. The summed E-state index contributed by atoms with van der Waals surface area (Å²) in [5.41, 5.74) is 0. The van der Waals surface area contributed by atoms with E-state index in [-0.39, 0.29) is 6.10 Å². The van der Waals surface area contributed by atoms with Gasteiger partial charge in [-0.2, -0.15) is 0 Å². The number of hydrogen-bond acceptors (Lipinski definition) is 2. The Bertz CT molecular complexity index is 115. The molecule has 0 saturated heterocycles. The van der Waals surface area contributed by atoms with Gasteiger partial charge >= 0.3 is 0 Å². The first-order valence-electron chi connectivity index (χ1n) is 5.46. The van der Waals surface area contributed by atoms with Crippen LogP contribution in [0.3, 0.4) is 0 Å². The van der Waals surface area contributed by atoms with E-state index < -0.39 is 0 Å². The van der Waals surface area contributed by atoms with Crippen molar-refractivity contribution >= 4 is 0 Å². The molecule has 0 bridgehead atoms. The van der Waals surface area contributed by atoms with E-state index in [0.29, 0.717) is 6.04 Å². The normalized spacial score (nSPS) is 16.2. The smallest absolute Gasteiger partial charge is 0.0512 e. The molecular formula is C11H25NO. The molecule has 0 aliphatic carbocycles. The van der Waals surface area contributed by atoms with Crippen LogP contribution in [0.25, 0.3) is 0 Å². The summed E-state index contributed by atoms with van der Waals surface area (Å²) >= 11 is 0. The van der Waals surface area contributed by atoms with E-state index in [1.807, 2.05) is 6.92 Å².